The van der Waals surface area contributed by atoms with Gasteiger partial charge in [0, 0.05) is 12.4 Å². The van der Waals surface area contributed by atoms with E-state index in [-0.39, 0.29) is 5.56 Å². The second-order valence-electron chi connectivity index (χ2n) is 2.59. The highest BCUT2D eigenvalue weighted by Crippen LogP contribution is 2.22. The third kappa shape index (κ3) is 2.53. The van der Waals surface area contributed by atoms with Gasteiger partial charge in [-0.3, -0.25) is 4.98 Å². The van der Waals surface area contributed by atoms with E-state index in [9.17, 15) is 13.2 Å². The zero-order chi connectivity index (χ0) is 9.19. The lowest BCUT2D eigenvalue weighted by Crippen LogP contribution is -2.12. The number of alkyl halides is 3. The van der Waals surface area contributed by atoms with Crippen LogP contribution >= 0.6 is 0 Å². The number of nitrogens with zero attached hydrogens (tertiary/aromatic N) is 1. The molecular weight excluding hydrogens is 167 g/mol. The van der Waals surface area contributed by atoms with E-state index in [1.165, 1.54) is 12.4 Å². The third-order valence-corrected chi connectivity index (χ3v) is 1.54. The van der Waals surface area contributed by atoms with Crippen LogP contribution in [0.1, 0.15) is 11.1 Å². The molecule has 4 heteroatoms. The van der Waals surface area contributed by atoms with E-state index >= 15 is 0 Å². The molecule has 0 amide bonds. The molecule has 1 nitrogen and oxygen atoms in total. The minimum absolute atomic E-state index is 0.241. The van der Waals surface area contributed by atoms with E-state index in [4.69, 9.17) is 0 Å². The van der Waals surface area contributed by atoms with Gasteiger partial charge in [0.05, 0.1) is 6.42 Å². The predicted octanol–water partition coefficient (Wildman–Crippen LogP) is 2.49. The number of pyridine rings is 1. The molecule has 12 heavy (non-hydrogen) atoms. The summed E-state index contributed by atoms with van der Waals surface area (Å²) in [4.78, 5) is 3.63. The van der Waals surface area contributed by atoms with Crippen LogP contribution in [0, 0.1) is 6.92 Å². The second kappa shape index (κ2) is 3.13. The van der Waals surface area contributed by atoms with Crippen molar-refractivity contribution in [2.75, 3.05) is 0 Å². The lowest BCUT2D eigenvalue weighted by atomic mass is 10.1. The Morgan fingerprint density at radius 2 is 2.08 bits per heavy atom. The van der Waals surface area contributed by atoms with Crippen molar-refractivity contribution in [1.82, 2.24) is 4.98 Å². The molecule has 0 saturated carbocycles. The maximum atomic E-state index is 11.9. The summed E-state index contributed by atoms with van der Waals surface area (Å²) in [5.74, 6) is 0. The summed E-state index contributed by atoms with van der Waals surface area (Å²) >= 11 is 0. The normalized spacial score (nSPS) is 11.7. The van der Waals surface area contributed by atoms with Crippen molar-refractivity contribution in [1.29, 1.82) is 0 Å². The largest absolute Gasteiger partial charge is 0.393 e. The van der Waals surface area contributed by atoms with E-state index in [1.807, 2.05) is 0 Å². The molecule has 0 aliphatic rings. The average molecular weight is 175 g/mol. The first kappa shape index (κ1) is 9.03. The van der Waals surface area contributed by atoms with Gasteiger partial charge in [-0.1, -0.05) is 0 Å². The van der Waals surface area contributed by atoms with Gasteiger partial charge in [0.2, 0.25) is 0 Å². The molecule has 0 spiro atoms. The van der Waals surface area contributed by atoms with Crippen LogP contribution in [0.4, 0.5) is 13.2 Å². The quantitative estimate of drug-likeness (QED) is 0.639. The minimum atomic E-state index is -4.15. The number of hydrogen-bond donors (Lipinski definition) is 0. The molecule has 0 unspecified atom stereocenters. The number of hydrogen-bond acceptors (Lipinski definition) is 1. The Morgan fingerprint density at radius 3 is 2.58 bits per heavy atom. The van der Waals surface area contributed by atoms with Gasteiger partial charge < -0.3 is 0 Å². The first-order chi connectivity index (χ1) is 5.49. The molecule has 0 aromatic carbocycles. The standard InChI is InChI=1S/C8H8F3N/c1-6-2-3-12-5-7(6)4-8(9,10)11/h2-3,5H,4H2,1H3. The summed E-state index contributed by atoms with van der Waals surface area (Å²) in [5, 5.41) is 0. The summed E-state index contributed by atoms with van der Waals surface area (Å²) in [7, 11) is 0. The third-order valence-electron chi connectivity index (χ3n) is 1.54. The van der Waals surface area contributed by atoms with Crippen LogP contribution in [0.15, 0.2) is 18.5 Å². The first-order valence-electron chi connectivity index (χ1n) is 3.45. The highest BCUT2D eigenvalue weighted by atomic mass is 19.4. The topological polar surface area (TPSA) is 12.9 Å². The summed E-state index contributed by atoms with van der Waals surface area (Å²) in [5.41, 5.74) is 0.868. The van der Waals surface area contributed by atoms with Crippen molar-refractivity contribution in [3.63, 3.8) is 0 Å². The van der Waals surface area contributed by atoms with Gasteiger partial charge >= 0.3 is 6.18 Å². The SMILES string of the molecule is Cc1ccncc1CC(F)(F)F. The van der Waals surface area contributed by atoms with Gasteiger partial charge in [0.25, 0.3) is 0 Å². The van der Waals surface area contributed by atoms with Crippen LogP contribution < -0.4 is 0 Å². The van der Waals surface area contributed by atoms with E-state index in [1.54, 1.807) is 13.0 Å². The molecule has 0 saturated heterocycles. The van der Waals surface area contributed by atoms with Gasteiger partial charge in [-0.15, -0.1) is 0 Å². The van der Waals surface area contributed by atoms with Gasteiger partial charge in [-0.25, -0.2) is 0 Å². The van der Waals surface area contributed by atoms with Crippen molar-refractivity contribution in [3.05, 3.63) is 29.6 Å². The molecule has 1 aromatic rings. The Bertz CT molecular complexity index is 267. The molecular formula is C8H8F3N. The summed E-state index contributed by atoms with van der Waals surface area (Å²) in [6, 6.07) is 1.57. The lowest BCUT2D eigenvalue weighted by molar-refractivity contribution is -0.127. The fourth-order valence-electron chi connectivity index (χ4n) is 0.898. The van der Waals surface area contributed by atoms with E-state index in [0.29, 0.717) is 5.56 Å². The number of aryl methyl sites for hydroxylation is 1. The molecule has 0 aliphatic carbocycles. The fourth-order valence-corrected chi connectivity index (χ4v) is 0.898. The van der Waals surface area contributed by atoms with Crippen LogP contribution in [0.2, 0.25) is 0 Å². The van der Waals surface area contributed by atoms with E-state index in [2.05, 4.69) is 4.98 Å². The molecule has 0 atom stereocenters. The van der Waals surface area contributed by atoms with Crippen molar-refractivity contribution >= 4 is 0 Å². The summed E-state index contributed by atoms with van der Waals surface area (Å²) < 4.78 is 35.7. The van der Waals surface area contributed by atoms with Crippen LogP contribution in [0.25, 0.3) is 0 Å². The Hall–Kier alpha value is -1.06. The second-order valence-corrected chi connectivity index (χ2v) is 2.59. The van der Waals surface area contributed by atoms with E-state index < -0.39 is 12.6 Å². The Labute approximate surface area is 68.2 Å². The van der Waals surface area contributed by atoms with Gasteiger partial charge in [0.1, 0.15) is 0 Å². The smallest absolute Gasteiger partial charge is 0.264 e. The Balaban J connectivity index is 2.83. The molecule has 1 heterocycles. The van der Waals surface area contributed by atoms with Crippen LogP contribution in [0.5, 0.6) is 0 Å². The highest BCUT2D eigenvalue weighted by molar-refractivity contribution is 5.22. The average Bonchev–Trinajstić information content (AvgIpc) is 1.91. The number of halogens is 3. The molecule has 0 radical (unpaired) electrons. The zero-order valence-electron chi connectivity index (χ0n) is 6.52. The highest BCUT2D eigenvalue weighted by Gasteiger charge is 2.28. The molecule has 1 aromatic heterocycles. The zero-order valence-corrected chi connectivity index (χ0v) is 6.52. The molecule has 0 N–H and O–H groups in total. The molecule has 0 aliphatic heterocycles. The Morgan fingerprint density at radius 1 is 1.42 bits per heavy atom. The number of aromatic nitrogens is 1. The summed E-state index contributed by atoms with van der Waals surface area (Å²) in [6.07, 6.45) is -2.31. The van der Waals surface area contributed by atoms with Crippen LogP contribution in [0.3, 0.4) is 0 Å². The van der Waals surface area contributed by atoms with Crippen molar-refractivity contribution in [3.8, 4) is 0 Å². The maximum Gasteiger partial charge on any atom is 0.393 e. The van der Waals surface area contributed by atoms with Crippen molar-refractivity contribution < 1.29 is 13.2 Å². The molecule has 0 fully saturated rings. The Kier molecular flexibility index (Phi) is 2.35. The monoisotopic (exact) mass is 175 g/mol. The minimum Gasteiger partial charge on any atom is -0.264 e. The van der Waals surface area contributed by atoms with Gasteiger partial charge in [-0.05, 0) is 24.1 Å². The van der Waals surface area contributed by atoms with E-state index in [0.717, 1.165) is 0 Å². The van der Waals surface area contributed by atoms with Crippen molar-refractivity contribution in [2.24, 2.45) is 0 Å². The lowest BCUT2D eigenvalue weighted by Gasteiger charge is -2.07. The van der Waals surface area contributed by atoms with Gasteiger partial charge in [-0.2, -0.15) is 13.2 Å². The molecule has 66 valence electrons. The fraction of sp³-hybridized carbons (Fsp3) is 0.375. The maximum absolute atomic E-state index is 11.9. The van der Waals surface area contributed by atoms with Crippen LogP contribution in [-0.2, 0) is 6.42 Å². The molecule has 0 bridgehead atoms. The van der Waals surface area contributed by atoms with Crippen LogP contribution in [-0.4, -0.2) is 11.2 Å². The van der Waals surface area contributed by atoms with Crippen molar-refractivity contribution in [2.45, 2.75) is 19.5 Å². The van der Waals surface area contributed by atoms with Gasteiger partial charge in [0.15, 0.2) is 0 Å². The first-order valence-corrected chi connectivity index (χ1v) is 3.45. The summed E-state index contributed by atoms with van der Waals surface area (Å²) in [6.45, 7) is 1.64. The number of rotatable bonds is 1. The molecule has 1 rings (SSSR count). The predicted molar refractivity (Wildman–Crippen MR) is 38.7 cm³/mol.